The lowest BCUT2D eigenvalue weighted by Crippen LogP contribution is -2.19. The van der Waals surface area contributed by atoms with Gasteiger partial charge < -0.3 is 9.52 Å². The first-order valence-corrected chi connectivity index (χ1v) is 7.91. The van der Waals surface area contributed by atoms with Crippen molar-refractivity contribution in [3.05, 3.63) is 22.4 Å². The van der Waals surface area contributed by atoms with Gasteiger partial charge in [-0.15, -0.1) is 21.5 Å². The third-order valence-corrected chi connectivity index (χ3v) is 4.91. The third-order valence-electron chi connectivity index (χ3n) is 3.68. The summed E-state index contributed by atoms with van der Waals surface area (Å²) in [4.78, 5) is 13.3. The standard InChI is InChI=1S/C15H18N2O3S/c1-15(2,8-13(18)19)7-12-16-17-14(20-12)11-6-9-4-3-5-10(9)21-11/h6H,3-5,7-8H2,1-2H3,(H,18,19). The molecule has 0 unspecified atom stereocenters. The molecule has 0 amide bonds. The van der Waals surface area contributed by atoms with Gasteiger partial charge >= 0.3 is 5.97 Å². The summed E-state index contributed by atoms with van der Waals surface area (Å²) in [7, 11) is 0. The number of carbonyl (C=O) groups is 1. The van der Waals surface area contributed by atoms with E-state index in [1.54, 1.807) is 11.3 Å². The Bertz CT molecular complexity index is 651. The fourth-order valence-corrected chi connectivity index (χ4v) is 3.92. The van der Waals surface area contributed by atoms with Gasteiger partial charge in [-0.1, -0.05) is 13.8 Å². The van der Waals surface area contributed by atoms with E-state index in [-0.39, 0.29) is 6.42 Å². The number of nitrogens with zero attached hydrogens (tertiary/aromatic N) is 2. The minimum atomic E-state index is -0.811. The predicted molar refractivity (Wildman–Crippen MR) is 79.4 cm³/mol. The number of aryl methyl sites for hydroxylation is 2. The summed E-state index contributed by atoms with van der Waals surface area (Å²) in [5.41, 5.74) is 1.01. The van der Waals surface area contributed by atoms with Gasteiger partial charge in [0.1, 0.15) is 0 Å². The lowest BCUT2D eigenvalue weighted by Gasteiger charge is -2.19. The summed E-state index contributed by atoms with van der Waals surface area (Å²) in [5, 5.41) is 17.1. The molecule has 21 heavy (non-hydrogen) atoms. The zero-order chi connectivity index (χ0) is 15.0. The normalized spacial score (nSPS) is 14.4. The molecule has 0 spiro atoms. The van der Waals surface area contributed by atoms with Gasteiger partial charge in [0, 0.05) is 11.3 Å². The van der Waals surface area contributed by atoms with Crippen LogP contribution in [-0.2, 0) is 24.1 Å². The third kappa shape index (κ3) is 3.15. The first-order valence-electron chi connectivity index (χ1n) is 7.09. The lowest BCUT2D eigenvalue weighted by atomic mass is 9.86. The molecule has 3 rings (SSSR count). The average Bonchev–Trinajstić information content (AvgIpc) is 2.98. The van der Waals surface area contributed by atoms with Crippen LogP contribution in [0.15, 0.2) is 10.5 Å². The number of hydrogen-bond donors (Lipinski definition) is 1. The molecular formula is C15H18N2O3S. The molecule has 2 aromatic rings. The summed E-state index contributed by atoms with van der Waals surface area (Å²) in [5.74, 6) is 0.245. The maximum atomic E-state index is 10.8. The van der Waals surface area contributed by atoms with Crippen molar-refractivity contribution in [1.82, 2.24) is 10.2 Å². The van der Waals surface area contributed by atoms with Crippen LogP contribution in [0, 0.1) is 5.41 Å². The van der Waals surface area contributed by atoms with Gasteiger partial charge in [-0.2, -0.15) is 0 Å². The SMILES string of the molecule is CC(C)(CC(=O)O)Cc1nnc(-c2cc3c(s2)CCC3)o1. The molecule has 5 nitrogen and oxygen atoms in total. The maximum Gasteiger partial charge on any atom is 0.303 e. The number of aliphatic carboxylic acids is 1. The van der Waals surface area contributed by atoms with Gasteiger partial charge in [0.15, 0.2) is 0 Å². The summed E-state index contributed by atoms with van der Waals surface area (Å²) in [6.45, 7) is 3.79. The highest BCUT2D eigenvalue weighted by molar-refractivity contribution is 7.15. The van der Waals surface area contributed by atoms with Crippen LogP contribution in [0.2, 0.25) is 0 Å². The van der Waals surface area contributed by atoms with Crippen LogP contribution in [0.25, 0.3) is 10.8 Å². The van der Waals surface area contributed by atoms with Crippen molar-refractivity contribution >= 4 is 17.3 Å². The number of thiophene rings is 1. The van der Waals surface area contributed by atoms with Crippen LogP contribution in [0.4, 0.5) is 0 Å². The molecule has 6 heteroatoms. The van der Waals surface area contributed by atoms with E-state index < -0.39 is 11.4 Å². The summed E-state index contributed by atoms with van der Waals surface area (Å²) < 4.78 is 5.72. The van der Waals surface area contributed by atoms with Gasteiger partial charge in [-0.05, 0) is 36.3 Å². The van der Waals surface area contributed by atoms with E-state index in [4.69, 9.17) is 9.52 Å². The van der Waals surface area contributed by atoms with Crippen molar-refractivity contribution in [2.75, 3.05) is 0 Å². The summed E-state index contributed by atoms with van der Waals surface area (Å²) >= 11 is 1.73. The van der Waals surface area contributed by atoms with Crippen LogP contribution < -0.4 is 0 Å². The Balaban J connectivity index is 1.75. The molecule has 1 N–H and O–H groups in total. The van der Waals surface area contributed by atoms with E-state index in [1.807, 2.05) is 13.8 Å². The second kappa shape index (κ2) is 5.26. The Labute approximate surface area is 127 Å². The molecule has 112 valence electrons. The molecule has 0 atom stereocenters. The van der Waals surface area contributed by atoms with E-state index in [0.29, 0.717) is 18.2 Å². The zero-order valence-corrected chi connectivity index (χ0v) is 13.0. The maximum absolute atomic E-state index is 10.8. The van der Waals surface area contributed by atoms with Crippen LogP contribution in [0.5, 0.6) is 0 Å². The molecule has 2 aromatic heterocycles. The Morgan fingerprint density at radius 2 is 2.24 bits per heavy atom. The van der Waals surface area contributed by atoms with Gasteiger partial charge in [0.2, 0.25) is 5.89 Å². The van der Waals surface area contributed by atoms with Crippen LogP contribution in [-0.4, -0.2) is 21.3 Å². The van der Waals surface area contributed by atoms with E-state index in [0.717, 1.165) is 17.7 Å². The zero-order valence-electron chi connectivity index (χ0n) is 12.2. The lowest BCUT2D eigenvalue weighted by molar-refractivity contribution is -0.139. The molecule has 0 bridgehead atoms. The first kappa shape index (κ1) is 14.3. The minimum Gasteiger partial charge on any atom is -0.481 e. The number of fused-ring (bicyclic) bond motifs is 1. The van der Waals surface area contributed by atoms with Crippen molar-refractivity contribution < 1.29 is 14.3 Å². The molecule has 1 aliphatic carbocycles. The summed E-state index contributed by atoms with van der Waals surface area (Å²) in [6, 6.07) is 2.15. The van der Waals surface area contributed by atoms with Crippen LogP contribution >= 0.6 is 11.3 Å². The highest BCUT2D eigenvalue weighted by Gasteiger charge is 2.26. The van der Waals surface area contributed by atoms with Crippen LogP contribution in [0.3, 0.4) is 0 Å². The Morgan fingerprint density at radius 3 is 2.95 bits per heavy atom. The molecule has 0 saturated carbocycles. The Kier molecular flexibility index (Phi) is 3.57. The number of hydrogen-bond acceptors (Lipinski definition) is 5. The van der Waals surface area contributed by atoms with Crippen molar-refractivity contribution in [3.8, 4) is 10.8 Å². The molecule has 1 aliphatic rings. The second-order valence-corrected chi connectivity index (χ2v) is 7.46. The minimum absolute atomic E-state index is 0.0814. The highest BCUT2D eigenvalue weighted by Crippen LogP contribution is 2.36. The van der Waals surface area contributed by atoms with E-state index in [9.17, 15) is 4.79 Å². The summed E-state index contributed by atoms with van der Waals surface area (Å²) in [6.07, 6.45) is 4.07. The smallest absolute Gasteiger partial charge is 0.303 e. The van der Waals surface area contributed by atoms with Crippen molar-refractivity contribution in [2.24, 2.45) is 5.41 Å². The fourth-order valence-electron chi connectivity index (χ4n) is 2.74. The predicted octanol–water partition coefficient (Wildman–Crippen LogP) is 3.33. The monoisotopic (exact) mass is 306 g/mol. The highest BCUT2D eigenvalue weighted by atomic mass is 32.1. The van der Waals surface area contributed by atoms with E-state index in [1.165, 1.54) is 16.9 Å². The number of carboxylic acid groups (broad SMARTS) is 1. The topological polar surface area (TPSA) is 76.2 Å². The van der Waals surface area contributed by atoms with Gasteiger partial charge in [-0.25, -0.2) is 0 Å². The van der Waals surface area contributed by atoms with Crippen molar-refractivity contribution in [2.45, 2.75) is 46.0 Å². The molecular weight excluding hydrogens is 288 g/mol. The first-order chi connectivity index (χ1) is 9.93. The molecule has 0 saturated heterocycles. The molecule has 0 aromatic carbocycles. The Morgan fingerprint density at radius 1 is 1.43 bits per heavy atom. The largest absolute Gasteiger partial charge is 0.481 e. The Hall–Kier alpha value is -1.69. The van der Waals surface area contributed by atoms with E-state index in [2.05, 4.69) is 16.3 Å². The number of carboxylic acids is 1. The van der Waals surface area contributed by atoms with Gasteiger partial charge in [-0.3, -0.25) is 4.79 Å². The van der Waals surface area contributed by atoms with Crippen LogP contribution in [0.1, 0.15) is 43.0 Å². The number of rotatable bonds is 5. The molecule has 0 fully saturated rings. The molecule has 2 heterocycles. The molecule has 0 radical (unpaired) electrons. The van der Waals surface area contributed by atoms with Crippen molar-refractivity contribution in [1.29, 1.82) is 0 Å². The van der Waals surface area contributed by atoms with Gasteiger partial charge in [0.25, 0.3) is 5.89 Å². The average molecular weight is 306 g/mol. The van der Waals surface area contributed by atoms with Gasteiger partial charge in [0.05, 0.1) is 11.3 Å². The van der Waals surface area contributed by atoms with E-state index >= 15 is 0 Å². The van der Waals surface area contributed by atoms with Crippen molar-refractivity contribution in [3.63, 3.8) is 0 Å². The molecule has 0 aliphatic heterocycles. The fraction of sp³-hybridized carbons (Fsp3) is 0.533. The number of aromatic nitrogens is 2. The quantitative estimate of drug-likeness (QED) is 0.917. The second-order valence-electron chi connectivity index (χ2n) is 6.33.